The van der Waals surface area contributed by atoms with Gasteiger partial charge >= 0.3 is 5.97 Å². The Labute approximate surface area is 175 Å². The number of fused-ring (bicyclic) bond motifs is 1. The van der Waals surface area contributed by atoms with Gasteiger partial charge in [0, 0.05) is 17.0 Å². The molecule has 0 fully saturated rings. The van der Waals surface area contributed by atoms with Crippen molar-refractivity contribution in [2.24, 2.45) is 0 Å². The third-order valence-corrected chi connectivity index (χ3v) is 4.99. The molecule has 2 aromatic heterocycles. The Morgan fingerprint density at radius 1 is 1.23 bits per heavy atom. The largest absolute Gasteiger partial charge is 0.494 e. The van der Waals surface area contributed by atoms with E-state index in [0.717, 1.165) is 11.8 Å². The minimum absolute atomic E-state index is 0.0722. The Hall–Kier alpha value is -3.29. The Kier molecular flexibility index (Phi) is 6.44. The van der Waals surface area contributed by atoms with Crippen LogP contribution in [-0.2, 0) is 9.53 Å². The van der Waals surface area contributed by atoms with Crippen molar-refractivity contribution in [1.29, 1.82) is 0 Å². The highest BCUT2D eigenvalue weighted by Gasteiger charge is 2.25. The molecule has 8 nitrogen and oxygen atoms in total. The Morgan fingerprint density at radius 3 is 2.70 bits per heavy atom. The number of hydrogen-bond acceptors (Lipinski definition) is 6. The van der Waals surface area contributed by atoms with Crippen molar-refractivity contribution >= 4 is 28.7 Å². The van der Waals surface area contributed by atoms with Crippen molar-refractivity contribution in [1.82, 2.24) is 9.78 Å². The summed E-state index contributed by atoms with van der Waals surface area (Å²) in [7, 11) is 0. The van der Waals surface area contributed by atoms with Gasteiger partial charge in [-0.2, -0.15) is 5.10 Å². The fourth-order valence-corrected chi connectivity index (χ4v) is 3.08. The molecule has 0 aliphatic heterocycles. The number of rotatable bonds is 8. The summed E-state index contributed by atoms with van der Waals surface area (Å²) in [5.41, 5.74) is 1.19. The maximum Gasteiger partial charge on any atom is 0.375 e. The SMILES string of the molecule is CCOc1ccc2oc(C(=O)O[C@@H](C)C(=O)Nc3ccnn3[C@@H](C)CC)c(C)c2c1. The number of ether oxygens (including phenoxy) is 2. The van der Waals surface area contributed by atoms with Crippen LogP contribution in [0.2, 0.25) is 0 Å². The van der Waals surface area contributed by atoms with E-state index in [2.05, 4.69) is 10.4 Å². The quantitative estimate of drug-likeness (QED) is 0.547. The summed E-state index contributed by atoms with van der Waals surface area (Å²) in [5.74, 6) is 0.184. The summed E-state index contributed by atoms with van der Waals surface area (Å²) < 4.78 is 18.3. The molecule has 3 rings (SSSR count). The number of carbonyl (C=O) groups excluding carboxylic acids is 2. The standard InChI is InChI=1S/C22H27N3O5/c1-6-13(3)25-19(10-11-23-25)24-21(26)15(5)29-22(27)20-14(4)17-12-16(28-7-2)8-9-18(17)30-20/h8-13,15H,6-7H2,1-5H3,(H,24,26)/t13-,15-/m0/s1. The average Bonchev–Trinajstić information content (AvgIpc) is 3.32. The molecule has 0 spiro atoms. The van der Waals surface area contributed by atoms with E-state index < -0.39 is 18.0 Å². The van der Waals surface area contributed by atoms with Crippen LogP contribution in [0.15, 0.2) is 34.9 Å². The molecule has 2 atom stereocenters. The second kappa shape index (κ2) is 9.02. The number of aryl methyl sites for hydroxylation is 1. The van der Waals surface area contributed by atoms with Gasteiger partial charge in [0.05, 0.1) is 18.8 Å². The van der Waals surface area contributed by atoms with Gasteiger partial charge in [-0.15, -0.1) is 0 Å². The molecular weight excluding hydrogens is 386 g/mol. The summed E-state index contributed by atoms with van der Waals surface area (Å²) in [6, 6.07) is 7.18. The number of nitrogens with zero attached hydrogens (tertiary/aromatic N) is 2. The van der Waals surface area contributed by atoms with Crippen LogP contribution >= 0.6 is 0 Å². The average molecular weight is 413 g/mol. The predicted molar refractivity (Wildman–Crippen MR) is 113 cm³/mol. The van der Waals surface area contributed by atoms with Gasteiger partial charge in [-0.3, -0.25) is 4.79 Å². The number of furan rings is 1. The lowest BCUT2D eigenvalue weighted by Gasteiger charge is -2.16. The molecule has 1 N–H and O–H groups in total. The van der Waals surface area contributed by atoms with Gasteiger partial charge in [-0.25, -0.2) is 9.48 Å². The van der Waals surface area contributed by atoms with Gasteiger partial charge in [-0.1, -0.05) is 6.92 Å². The number of hydrogen-bond donors (Lipinski definition) is 1. The van der Waals surface area contributed by atoms with Crippen LogP contribution in [0.4, 0.5) is 5.82 Å². The third kappa shape index (κ3) is 4.32. The second-order valence-corrected chi connectivity index (χ2v) is 7.10. The summed E-state index contributed by atoms with van der Waals surface area (Å²) in [6.07, 6.45) is 1.47. The highest BCUT2D eigenvalue weighted by atomic mass is 16.6. The number of carbonyl (C=O) groups is 2. The molecule has 1 aromatic carbocycles. The van der Waals surface area contributed by atoms with Crippen molar-refractivity contribution < 1.29 is 23.5 Å². The normalized spacial score (nSPS) is 13.1. The molecule has 8 heteroatoms. The van der Waals surface area contributed by atoms with E-state index in [4.69, 9.17) is 13.9 Å². The van der Waals surface area contributed by atoms with Crippen molar-refractivity contribution in [2.75, 3.05) is 11.9 Å². The van der Waals surface area contributed by atoms with Crippen molar-refractivity contribution in [3.05, 3.63) is 41.8 Å². The van der Waals surface area contributed by atoms with E-state index in [1.165, 1.54) is 6.92 Å². The zero-order valence-electron chi connectivity index (χ0n) is 17.9. The maximum atomic E-state index is 12.6. The number of nitrogens with one attached hydrogen (secondary N) is 1. The number of esters is 1. The van der Waals surface area contributed by atoms with Crippen LogP contribution in [-0.4, -0.2) is 34.4 Å². The first-order valence-electron chi connectivity index (χ1n) is 10.1. The first-order valence-corrected chi connectivity index (χ1v) is 10.1. The van der Waals surface area contributed by atoms with Crippen LogP contribution in [0.1, 0.15) is 56.3 Å². The fourth-order valence-electron chi connectivity index (χ4n) is 3.08. The number of benzene rings is 1. The van der Waals surface area contributed by atoms with Crippen LogP contribution in [0.5, 0.6) is 5.75 Å². The van der Waals surface area contributed by atoms with Crippen LogP contribution in [0, 0.1) is 6.92 Å². The number of anilines is 1. The van der Waals surface area contributed by atoms with E-state index in [1.54, 1.807) is 36.0 Å². The molecule has 0 saturated heterocycles. The van der Waals surface area contributed by atoms with Crippen LogP contribution in [0.3, 0.4) is 0 Å². The van der Waals surface area contributed by atoms with Gasteiger partial charge in [0.2, 0.25) is 5.76 Å². The number of amides is 1. The second-order valence-electron chi connectivity index (χ2n) is 7.10. The van der Waals surface area contributed by atoms with E-state index in [-0.39, 0.29) is 11.8 Å². The molecule has 2 heterocycles. The molecule has 1 amide bonds. The Balaban J connectivity index is 1.71. The molecule has 30 heavy (non-hydrogen) atoms. The predicted octanol–water partition coefficient (Wildman–Crippen LogP) is 4.49. The molecule has 0 aliphatic carbocycles. The zero-order valence-corrected chi connectivity index (χ0v) is 17.9. The van der Waals surface area contributed by atoms with E-state index in [1.807, 2.05) is 26.8 Å². The van der Waals surface area contributed by atoms with E-state index in [9.17, 15) is 9.59 Å². The lowest BCUT2D eigenvalue weighted by molar-refractivity contribution is -0.123. The minimum atomic E-state index is -1.01. The summed E-state index contributed by atoms with van der Waals surface area (Å²) in [4.78, 5) is 25.2. The Morgan fingerprint density at radius 2 is 2.00 bits per heavy atom. The molecular formula is C22H27N3O5. The maximum absolute atomic E-state index is 12.6. The topological polar surface area (TPSA) is 95.6 Å². The first kappa shape index (κ1) is 21.4. The van der Waals surface area contributed by atoms with Crippen LogP contribution in [0.25, 0.3) is 11.0 Å². The lowest BCUT2D eigenvalue weighted by atomic mass is 10.1. The van der Waals surface area contributed by atoms with Gasteiger partial charge in [0.25, 0.3) is 5.91 Å². The first-order chi connectivity index (χ1) is 14.3. The van der Waals surface area contributed by atoms with E-state index in [0.29, 0.717) is 29.3 Å². The van der Waals surface area contributed by atoms with Crippen molar-refractivity contribution in [2.45, 2.75) is 53.2 Å². The molecule has 0 aliphatic rings. The Bertz CT molecular complexity index is 1050. The molecule has 0 radical (unpaired) electrons. The summed E-state index contributed by atoms with van der Waals surface area (Å²) in [5, 5.41) is 7.76. The van der Waals surface area contributed by atoms with Gasteiger partial charge in [-0.05, 0) is 52.3 Å². The summed E-state index contributed by atoms with van der Waals surface area (Å²) >= 11 is 0. The minimum Gasteiger partial charge on any atom is -0.494 e. The third-order valence-electron chi connectivity index (χ3n) is 4.99. The highest BCUT2D eigenvalue weighted by Crippen LogP contribution is 2.29. The molecule has 3 aromatic rings. The molecule has 0 bridgehead atoms. The van der Waals surface area contributed by atoms with Gasteiger partial charge in [0.1, 0.15) is 17.2 Å². The van der Waals surface area contributed by atoms with E-state index >= 15 is 0 Å². The van der Waals surface area contributed by atoms with Gasteiger partial charge < -0.3 is 19.2 Å². The molecule has 0 saturated carbocycles. The van der Waals surface area contributed by atoms with Crippen molar-refractivity contribution in [3.8, 4) is 5.75 Å². The molecule has 0 unspecified atom stereocenters. The summed E-state index contributed by atoms with van der Waals surface area (Å²) in [6.45, 7) is 9.77. The lowest BCUT2D eigenvalue weighted by Crippen LogP contribution is -2.31. The highest BCUT2D eigenvalue weighted by molar-refractivity contribution is 5.99. The van der Waals surface area contributed by atoms with Gasteiger partial charge in [0.15, 0.2) is 6.10 Å². The number of aromatic nitrogens is 2. The van der Waals surface area contributed by atoms with Crippen LogP contribution < -0.4 is 10.1 Å². The van der Waals surface area contributed by atoms with Crippen molar-refractivity contribution in [3.63, 3.8) is 0 Å². The zero-order chi connectivity index (χ0) is 21.8. The molecule has 160 valence electrons. The monoisotopic (exact) mass is 413 g/mol. The smallest absolute Gasteiger partial charge is 0.375 e. The fraction of sp³-hybridized carbons (Fsp3) is 0.409.